The van der Waals surface area contributed by atoms with Crippen molar-refractivity contribution in [3.63, 3.8) is 0 Å². The first-order chi connectivity index (χ1) is 12.5. The van der Waals surface area contributed by atoms with Gasteiger partial charge in [0.15, 0.2) is 0 Å². The van der Waals surface area contributed by atoms with Crippen molar-refractivity contribution in [1.82, 2.24) is 5.06 Å². The Balaban J connectivity index is -0.000000749. The Kier molecular flexibility index (Phi) is 19.3. The molecule has 0 aliphatic rings. The Bertz CT molecular complexity index is 637. The van der Waals surface area contributed by atoms with Gasteiger partial charge in [-0.1, -0.05) is 60.7 Å². The van der Waals surface area contributed by atoms with Crippen molar-refractivity contribution in [2.75, 3.05) is 0 Å². The molecule has 0 aliphatic heterocycles. The van der Waals surface area contributed by atoms with Crippen LogP contribution in [-0.4, -0.2) is 21.0 Å². The fourth-order valence-electron chi connectivity index (χ4n) is 2.44. The molecule has 27 heavy (non-hydrogen) atoms. The first-order valence-electron chi connectivity index (χ1n) is 7.36. The van der Waals surface area contributed by atoms with Crippen molar-refractivity contribution in [2.24, 2.45) is 0 Å². The van der Waals surface area contributed by atoms with Gasteiger partial charge >= 0.3 is 33.9 Å². The molecule has 0 bridgehead atoms. The molecule has 7 heteroatoms. The number of hydroxylamine groups is 2. The number of nitrogens with zero attached hydrogens (tertiary/aromatic N) is 1. The predicted molar refractivity (Wildman–Crippen MR) is 91.0 cm³/mol. The largest absolute Gasteiger partial charge is 0 e. The molecule has 1 atom stereocenters. The molecule has 2 aromatic carbocycles. The van der Waals surface area contributed by atoms with Crippen molar-refractivity contribution in [3.05, 3.63) is 91.7 Å². The summed E-state index contributed by atoms with van der Waals surface area (Å²) in [6.45, 7) is 17.3. The number of benzene rings is 2. The third-order valence-electron chi connectivity index (χ3n) is 3.27. The zero-order valence-electron chi connectivity index (χ0n) is 15.0. The van der Waals surface area contributed by atoms with E-state index in [1.165, 1.54) is 5.06 Å². The van der Waals surface area contributed by atoms with E-state index in [4.69, 9.17) is 14.0 Å². The smallest absolute Gasteiger partial charge is 0 e. The monoisotopic (exact) mass is 407 g/mol. The molecule has 0 saturated heterocycles. The molecule has 2 N–H and O–H groups in total. The summed E-state index contributed by atoms with van der Waals surface area (Å²) in [6, 6.07) is 18.8. The summed E-state index contributed by atoms with van der Waals surface area (Å²) in [6.07, 6.45) is 0. The van der Waals surface area contributed by atoms with E-state index in [1.54, 1.807) is 13.8 Å². The first-order valence-corrected chi connectivity index (χ1v) is 7.36. The average molecular weight is 407 g/mol. The van der Waals surface area contributed by atoms with E-state index in [0.29, 0.717) is 6.54 Å². The number of aliphatic hydroxyl groups is 1. The molecular weight excluding hydrogens is 386 g/mol. The maximum absolute atomic E-state index is 10.4. The normalized spacial score (nSPS) is 10.2. The summed E-state index contributed by atoms with van der Waals surface area (Å²) < 4.78 is 22.5. The molecule has 142 valence electrons. The molecular formula is C20H21CrNO5. The molecule has 6 nitrogen and oxygen atoms in total. The Hall–Kier alpha value is -1.93. The molecule has 0 amide bonds. The van der Waals surface area contributed by atoms with Crippen LogP contribution in [0.1, 0.15) is 31.0 Å². The summed E-state index contributed by atoms with van der Waals surface area (Å²) in [7, 11) is 0. The van der Waals surface area contributed by atoms with Gasteiger partial charge in [-0.15, -0.1) is 0 Å². The molecule has 0 spiro atoms. The zero-order valence-corrected chi connectivity index (χ0v) is 16.3. The Morgan fingerprint density at radius 2 is 1.22 bits per heavy atom. The van der Waals surface area contributed by atoms with Gasteiger partial charge in [0.2, 0.25) is 0 Å². The summed E-state index contributed by atoms with van der Waals surface area (Å²) in [5.41, 5.74) is 0.837. The van der Waals surface area contributed by atoms with Gasteiger partial charge in [0.1, 0.15) is 0 Å². The molecule has 2 rings (SSSR count). The average Bonchev–Trinajstić information content (AvgIpc) is 2.67. The zero-order chi connectivity index (χ0) is 20.6. The van der Waals surface area contributed by atoms with Gasteiger partial charge in [-0.05, 0) is 25.0 Å². The third kappa shape index (κ3) is 11.4. The van der Waals surface area contributed by atoms with Crippen LogP contribution < -0.4 is 0 Å². The molecule has 0 aliphatic carbocycles. The molecule has 0 fully saturated rings. The van der Waals surface area contributed by atoms with Gasteiger partial charge in [-0.2, -0.15) is 5.06 Å². The van der Waals surface area contributed by atoms with Gasteiger partial charge in [-0.3, -0.25) is 0 Å². The molecule has 2 aromatic rings. The van der Waals surface area contributed by atoms with Crippen molar-refractivity contribution in [3.8, 4) is 0 Å². The van der Waals surface area contributed by atoms with Crippen LogP contribution in [0.2, 0.25) is 0 Å². The second kappa shape index (κ2) is 17.5. The fourth-order valence-corrected chi connectivity index (χ4v) is 2.44. The second-order valence-electron chi connectivity index (χ2n) is 5.55. The van der Waals surface area contributed by atoms with E-state index in [9.17, 15) is 10.3 Å². The van der Waals surface area contributed by atoms with Crippen molar-refractivity contribution in [1.29, 1.82) is 0 Å². The molecule has 0 radical (unpaired) electrons. The minimum atomic E-state index is -1.05. The number of hydrogen-bond acceptors (Lipinski definition) is 3. The molecule has 1 unspecified atom stereocenters. The number of hydrogen-bond donors (Lipinski definition) is 2. The van der Waals surface area contributed by atoms with Crippen LogP contribution in [0.4, 0.5) is 0 Å². The van der Waals surface area contributed by atoms with Gasteiger partial charge < -0.3 is 10.3 Å². The standard InChI is InChI=1S/C17H21NO2.3CO.Cr/c1-17(2,19)16(15-11-7-4-8-12-15)18(20)13-14-9-5-3-6-10-14;3*1-2;/h3-12,16,19-20H,13H2,1-2H3;;;;. The van der Waals surface area contributed by atoms with Crippen molar-refractivity contribution >= 4 is 0 Å². The van der Waals surface area contributed by atoms with E-state index >= 15 is 0 Å². The van der Waals surface area contributed by atoms with Crippen LogP contribution in [0.25, 0.3) is 0 Å². The Labute approximate surface area is 170 Å². The van der Waals surface area contributed by atoms with E-state index in [2.05, 4.69) is 20.0 Å². The maximum atomic E-state index is 10.4. The Morgan fingerprint density at radius 1 is 0.852 bits per heavy atom. The van der Waals surface area contributed by atoms with Crippen LogP contribution >= 0.6 is 0 Å². The Morgan fingerprint density at radius 3 is 1.59 bits per heavy atom. The third-order valence-corrected chi connectivity index (χ3v) is 3.27. The first kappa shape index (κ1) is 29.8. The summed E-state index contributed by atoms with van der Waals surface area (Å²) >= 11 is 0. The van der Waals surface area contributed by atoms with Crippen molar-refractivity contribution in [2.45, 2.75) is 32.0 Å². The quantitative estimate of drug-likeness (QED) is 0.452. The van der Waals surface area contributed by atoms with Crippen LogP contribution in [0, 0.1) is 20.0 Å². The predicted octanol–water partition coefficient (Wildman–Crippen LogP) is 3.27. The van der Waals surface area contributed by atoms with E-state index in [1.807, 2.05) is 60.7 Å². The minimum Gasteiger partial charge on any atom is 0 e. The number of rotatable bonds is 5. The van der Waals surface area contributed by atoms with Crippen LogP contribution in [0.15, 0.2) is 60.7 Å². The topological polar surface area (TPSA) is 103 Å². The maximum Gasteiger partial charge on any atom is 0 e. The summed E-state index contributed by atoms with van der Waals surface area (Å²) in [5, 5.41) is 22.0. The van der Waals surface area contributed by atoms with Crippen LogP contribution in [0.3, 0.4) is 0 Å². The minimum absolute atomic E-state index is 0. The van der Waals surface area contributed by atoms with E-state index in [-0.39, 0.29) is 17.4 Å². The van der Waals surface area contributed by atoms with Crippen molar-refractivity contribution < 1.29 is 41.6 Å². The summed E-state index contributed by atoms with van der Waals surface area (Å²) in [5.74, 6) is 0. The summed E-state index contributed by atoms with van der Waals surface area (Å²) in [4.78, 5) is 0. The van der Waals surface area contributed by atoms with E-state index < -0.39 is 11.6 Å². The van der Waals surface area contributed by atoms with Gasteiger partial charge in [0.25, 0.3) is 0 Å². The second-order valence-corrected chi connectivity index (χ2v) is 5.55. The molecule has 0 heterocycles. The molecule has 0 saturated carbocycles. The van der Waals surface area contributed by atoms with Gasteiger partial charge in [0.05, 0.1) is 11.6 Å². The molecule has 0 aromatic heterocycles. The van der Waals surface area contributed by atoms with Crippen LogP contribution in [0.5, 0.6) is 0 Å². The SMILES string of the molecule is CC(C)(O)C(c1ccccc1)N(O)Cc1ccccc1.[C-]#[O+].[C-]#[O+].[C-]#[O+].[Cr]. The van der Waals surface area contributed by atoms with Crippen LogP contribution in [-0.2, 0) is 37.9 Å². The fraction of sp³-hybridized carbons (Fsp3) is 0.250. The van der Waals surface area contributed by atoms with Gasteiger partial charge in [0, 0.05) is 23.9 Å². The van der Waals surface area contributed by atoms with E-state index in [0.717, 1.165) is 11.1 Å². The van der Waals surface area contributed by atoms with Gasteiger partial charge in [-0.25, -0.2) is 0 Å².